The number of hydrogen-bond acceptors (Lipinski definition) is 8. The summed E-state index contributed by atoms with van der Waals surface area (Å²) >= 11 is 0.670. The highest BCUT2D eigenvalue weighted by molar-refractivity contribution is 7.89. The van der Waals surface area contributed by atoms with Crippen LogP contribution in [0.1, 0.15) is 24.3 Å². The molecule has 5 rings (SSSR count). The number of carbonyl (C=O) groups is 1. The third kappa shape index (κ3) is 3.82. The molecule has 14 heteroatoms. The second-order valence-electron chi connectivity index (χ2n) is 7.79. The molecule has 10 nitrogen and oxygen atoms in total. The summed E-state index contributed by atoms with van der Waals surface area (Å²) in [6.07, 6.45) is 0.638. The van der Waals surface area contributed by atoms with Crippen LogP contribution in [-0.2, 0) is 14.8 Å². The number of rotatable bonds is 5. The summed E-state index contributed by atoms with van der Waals surface area (Å²) < 4.78 is 51.5. The molecule has 0 bridgehead atoms. The van der Waals surface area contributed by atoms with E-state index in [9.17, 15) is 22.0 Å². The van der Waals surface area contributed by atoms with Gasteiger partial charge in [0.1, 0.15) is 0 Å². The smallest absolute Gasteiger partial charge is 0.291 e. The Bertz CT molecular complexity index is 1300. The number of hydrogen-bond donors (Lipinski definition) is 1. The first-order valence-electron chi connectivity index (χ1n) is 9.92. The Kier molecular flexibility index (Phi) is 5.09. The summed E-state index contributed by atoms with van der Waals surface area (Å²) in [6.45, 7) is 2.08. The van der Waals surface area contributed by atoms with Gasteiger partial charge in [0.05, 0.1) is 16.6 Å². The highest BCUT2D eigenvalue weighted by Crippen LogP contribution is 2.35. The molecule has 0 atom stereocenters. The molecule has 170 valence electrons. The van der Waals surface area contributed by atoms with Crippen molar-refractivity contribution < 1.29 is 22.0 Å². The highest BCUT2D eigenvalue weighted by atomic mass is 32.2. The Morgan fingerprint density at radius 3 is 2.47 bits per heavy atom. The zero-order valence-corrected chi connectivity index (χ0v) is 18.3. The molecular weight excluding hydrogens is 464 g/mol. The number of aromatic nitrogens is 4. The lowest BCUT2D eigenvalue weighted by atomic mass is 10.1. The molecular formula is C18H19F2N7O3S2. The molecule has 1 saturated carbocycles. The summed E-state index contributed by atoms with van der Waals surface area (Å²) in [6, 6.07) is 2.82. The SMILES string of the molecule is NS(=O)(=O)c1cc(N2CCN(C(=O)C3CC3)CC2)c2cnn(-c3nnc(C(F)F)s3)c2c1. The van der Waals surface area contributed by atoms with Crippen molar-refractivity contribution in [1.29, 1.82) is 0 Å². The van der Waals surface area contributed by atoms with E-state index in [-0.39, 0.29) is 21.9 Å². The van der Waals surface area contributed by atoms with Crippen LogP contribution in [0.2, 0.25) is 0 Å². The minimum atomic E-state index is -4.05. The number of nitrogens with zero attached hydrogens (tertiary/aromatic N) is 6. The van der Waals surface area contributed by atoms with Gasteiger partial charge in [0.2, 0.25) is 21.1 Å². The number of carbonyl (C=O) groups excluding carboxylic acids is 1. The molecule has 2 fully saturated rings. The highest BCUT2D eigenvalue weighted by Gasteiger charge is 2.35. The summed E-state index contributed by atoms with van der Waals surface area (Å²) in [5.41, 5.74) is 0.954. The van der Waals surface area contributed by atoms with Gasteiger partial charge in [0.15, 0.2) is 5.01 Å². The van der Waals surface area contributed by atoms with Gasteiger partial charge in [0.25, 0.3) is 6.43 Å². The average molecular weight is 484 g/mol. The van der Waals surface area contributed by atoms with Crippen LogP contribution < -0.4 is 10.0 Å². The van der Waals surface area contributed by atoms with Gasteiger partial charge in [-0.1, -0.05) is 11.3 Å². The fourth-order valence-electron chi connectivity index (χ4n) is 3.82. The van der Waals surface area contributed by atoms with E-state index in [1.54, 1.807) is 0 Å². The van der Waals surface area contributed by atoms with Crippen LogP contribution in [-0.4, -0.2) is 65.4 Å². The maximum absolute atomic E-state index is 13.0. The topological polar surface area (TPSA) is 127 Å². The van der Waals surface area contributed by atoms with E-state index >= 15 is 0 Å². The maximum Gasteiger partial charge on any atom is 0.291 e. The Hall–Kier alpha value is -2.71. The average Bonchev–Trinajstić information content (AvgIpc) is 3.33. The third-order valence-electron chi connectivity index (χ3n) is 5.63. The number of anilines is 1. The predicted octanol–water partition coefficient (Wildman–Crippen LogP) is 1.52. The van der Waals surface area contributed by atoms with Gasteiger partial charge in [-0.25, -0.2) is 27.0 Å². The molecule has 0 radical (unpaired) electrons. The largest absolute Gasteiger partial charge is 0.367 e. The number of piperazine rings is 1. The van der Waals surface area contributed by atoms with Gasteiger partial charge in [-0.2, -0.15) is 5.10 Å². The van der Waals surface area contributed by atoms with Crippen LogP contribution in [0.5, 0.6) is 0 Å². The summed E-state index contributed by atoms with van der Waals surface area (Å²) in [5.74, 6) is 0.314. The van der Waals surface area contributed by atoms with Crippen LogP contribution in [0.4, 0.5) is 14.5 Å². The van der Waals surface area contributed by atoms with E-state index in [2.05, 4.69) is 15.3 Å². The van der Waals surface area contributed by atoms with Gasteiger partial charge in [-0.15, -0.1) is 10.2 Å². The number of nitrogens with two attached hydrogens (primary N) is 1. The van der Waals surface area contributed by atoms with Crippen molar-refractivity contribution >= 4 is 43.9 Å². The molecule has 1 saturated heterocycles. The summed E-state index contributed by atoms with van der Waals surface area (Å²) in [4.78, 5) is 16.0. The zero-order valence-electron chi connectivity index (χ0n) is 16.7. The first kappa shape index (κ1) is 21.2. The molecule has 2 N–H and O–H groups in total. The first-order chi connectivity index (χ1) is 15.2. The van der Waals surface area contributed by atoms with Crippen LogP contribution in [0.15, 0.2) is 23.2 Å². The van der Waals surface area contributed by atoms with Crippen molar-refractivity contribution in [3.63, 3.8) is 0 Å². The number of amides is 1. The Labute approximate surface area is 185 Å². The lowest BCUT2D eigenvalue weighted by Gasteiger charge is -2.36. The normalized spacial score (nSPS) is 17.5. The van der Waals surface area contributed by atoms with Crippen molar-refractivity contribution in [2.45, 2.75) is 24.2 Å². The standard InChI is InChI=1S/C18H19F2N7O3S2/c19-15(20)16-23-24-18(31-16)27-14-8-11(32(21,29)30)7-13(12(14)9-22-27)25-3-5-26(6-4-25)17(28)10-1-2-10/h7-10,15H,1-6H2,(H2,21,29,30). The minimum Gasteiger partial charge on any atom is -0.367 e. The van der Waals surface area contributed by atoms with Gasteiger partial charge in [-0.3, -0.25) is 4.79 Å². The molecule has 3 aromatic rings. The van der Waals surface area contributed by atoms with Gasteiger partial charge < -0.3 is 9.80 Å². The van der Waals surface area contributed by atoms with Crippen molar-refractivity contribution in [2.24, 2.45) is 11.1 Å². The second kappa shape index (κ2) is 7.71. The van der Waals surface area contributed by atoms with Gasteiger partial charge in [0, 0.05) is 43.2 Å². The van der Waals surface area contributed by atoms with E-state index in [1.165, 1.54) is 23.0 Å². The molecule has 3 heterocycles. The van der Waals surface area contributed by atoms with Crippen molar-refractivity contribution in [2.75, 3.05) is 31.1 Å². The van der Waals surface area contributed by atoms with Gasteiger partial charge in [-0.05, 0) is 25.0 Å². The van der Waals surface area contributed by atoms with Crippen LogP contribution in [0.3, 0.4) is 0 Å². The third-order valence-corrected chi connectivity index (χ3v) is 7.42. The molecule has 0 unspecified atom stereocenters. The summed E-state index contributed by atoms with van der Waals surface area (Å²) in [7, 11) is -4.05. The van der Waals surface area contributed by atoms with E-state index in [4.69, 9.17) is 5.14 Å². The Balaban J connectivity index is 1.53. The van der Waals surface area contributed by atoms with Crippen molar-refractivity contribution in [3.05, 3.63) is 23.3 Å². The minimum absolute atomic E-state index is 0.0904. The Morgan fingerprint density at radius 2 is 1.88 bits per heavy atom. The quantitative estimate of drug-likeness (QED) is 0.583. The van der Waals surface area contributed by atoms with E-state index in [0.717, 1.165) is 12.8 Å². The number of benzene rings is 1. The van der Waals surface area contributed by atoms with Crippen LogP contribution in [0.25, 0.3) is 16.0 Å². The van der Waals surface area contributed by atoms with E-state index in [0.29, 0.717) is 54.1 Å². The van der Waals surface area contributed by atoms with Crippen LogP contribution in [0, 0.1) is 5.92 Å². The predicted molar refractivity (Wildman–Crippen MR) is 112 cm³/mol. The number of halogens is 2. The molecule has 2 aromatic heterocycles. The fourth-order valence-corrected chi connectivity index (χ4v) is 5.04. The number of fused-ring (bicyclic) bond motifs is 1. The number of alkyl halides is 2. The van der Waals surface area contributed by atoms with Crippen molar-refractivity contribution in [3.8, 4) is 5.13 Å². The molecule has 1 aliphatic carbocycles. The van der Waals surface area contributed by atoms with E-state index in [1.807, 2.05) is 9.80 Å². The lowest BCUT2D eigenvalue weighted by Crippen LogP contribution is -2.49. The monoisotopic (exact) mass is 483 g/mol. The van der Waals surface area contributed by atoms with Crippen LogP contribution >= 0.6 is 11.3 Å². The summed E-state index contributed by atoms with van der Waals surface area (Å²) in [5, 5.41) is 17.1. The van der Waals surface area contributed by atoms with E-state index < -0.39 is 21.5 Å². The first-order valence-corrected chi connectivity index (χ1v) is 12.3. The van der Waals surface area contributed by atoms with Crippen molar-refractivity contribution in [1.82, 2.24) is 24.9 Å². The lowest BCUT2D eigenvalue weighted by molar-refractivity contribution is -0.132. The second-order valence-corrected chi connectivity index (χ2v) is 10.3. The fraction of sp³-hybridized carbons (Fsp3) is 0.444. The molecule has 32 heavy (non-hydrogen) atoms. The molecule has 1 aliphatic heterocycles. The Morgan fingerprint density at radius 1 is 1.16 bits per heavy atom. The zero-order chi connectivity index (χ0) is 22.6. The molecule has 0 spiro atoms. The number of sulfonamides is 1. The molecule has 1 amide bonds. The van der Waals surface area contributed by atoms with Gasteiger partial charge >= 0.3 is 0 Å². The molecule has 2 aliphatic rings. The molecule has 1 aromatic carbocycles. The maximum atomic E-state index is 13.0. The number of primary sulfonamides is 1.